The summed E-state index contributed by atoms with van der Waals surface area (Å²) in [5.41, 5.74) is 12.8. The lowest BCUT2D eigenvalue weighted by molar-refractivity contribution is 0.0996. The van der Waals surface area contributed by atoms with E-state index in [-0.39, 0.29) is 5.78 Å². The summed E-state index contributed by atoms with van der Waals surface area (Å²) < 4.78 is 0. The van der Waals surface area contributed by atoms with E-state index >= 15 is 0 Å². The summed E-state index contributed by atoms with van der Waals surface area (Å²) in [6, 6.07) is 6.78. The molecular formula is C18H18N8O2. The molecule has 4 aromatic heterocycles. The zero-order valence-electron chi connectivity index (χ0n) is 15.0. The number of aromatic amines is 1. The smallest absolute Gasteiger partial charge is 0.250 e. The van der Waals surface area contributed by atoms with Gasteiger partial charge in [0.05, 0.1) is 11.9 Å². The van der Waals surface area contributed by atoms with Gasteiger partial charge in [-0.2, -0.15) is 0 Å². The number of nitrogens with one attached hydrogen (secondary N) is 1. The van der Waals surface area contributed by atoms with Crippen molar-refractivity contribution < 1.29 is 9.59 Å². The maximum Gasteiger partial charge on any atom is 0.250 e. The van der Waals surface area contributed by atoms with Gasteiger partial charge in [-0.3, -0.25) is 19.6 Å². The first kappa shape index (κ1) is 20.1. The van der Waals surface area contributed by atoms with Crippen LogP contribution in [0.2, 0.25) is 0 Å². The molecule has 0 spiro atoms. The SMILES string of the molecule is CC(=O)c1cccnc1.NC(=O)c1cccnc1.Nc1ncnc2nc[nH]c12. The van der Waals surface area contributed by atoms with Crippen LogP contribution in [0.4, 0.5) is 5.82 Å². The number of nitrogen functional groups attached to an aromatic ring is 1. The highest BCUT2D eigenvalue weighted by Crippen LogP contribution is 2.09. The maximum absolute atomic E-state index is 10.6. The van der Waals surface area contributed by atoms with Crippen molar-refractivity contribution in [3.8, 4) is 0 Å². The number of H-pyrrole nitrogens is 1. The van der Waals surface area contributed by atoms with Gasteiger partial charge >= 0.3 is 0 Å². The number of rotatable bonds is 2. The summed E-state index contributed by atoms with van der Waals surface area (Å²) in [6.07, 6.45) is 9.15. The molecule has 0 atom stereocenters. The van der Waals surface area contributed by atoms with E-state index in [9.17, 15) is 9.59 Å². The van der Waals surface area contributed by atoms with Gasteiger partial charge < -0.3 is 16.5 Å². The summed E-state index contributed by atoms with van der Waals surface area (Å²) in [5.74, 6) is 0.0497. The van der Waals surface area contributed by atoms with E-state index in [2.05, 4.69) is 29.9 Å². The van der Waals surface area contributed by atoms with Crippen molar-refractivity contribution in [2.24, 2.45) is 5.73 Å². The lowest BCUT2D eigenvalue weighted by atomic mass is 10.2. The third kappa shape index (κ3) is 5.95. The molecule has 4 aromatic rings. The Kier molecular flexibility index (Phi) is 7.23. The van der Waals surface area contributed by atoms with Gasteiger partial charge in [0.15, 0.2) is 17.2 Å². The van der Waals surface area contributed by atoms with Crippen LogP contribution < -0.4 is 11.5 Å². The Morgan fingerprint density at radius 3 is 2.04 bits per heavy atom. The van der Waals surface area contributed by atoms with Crippen LogP contribution in [0.15, 0.2) is 61.7 Å². The number of carbonyl (C=O) groups is 2. The van der Waals surface area contributed by atoms with Gasteiger partial charge in [0, 0.05) is 30.4 Å². The van der Waals surface area contributed by atoms with Crippen LogP contribution in [0.5, 0.6) is 0 Å². The topological polar surface area (TPSA) is 166 Å². The normalized spacial score (nSPS) is 9.46. The predicted octanol–water partition coefficient (Wildman–Crippen LogP) is 1.40. The number of Topliss-reactive ketones (excluding diaryl/α,β-unsaturated/α-hetero) is 1. The molecule has 5 N–H and O–H groups in total. The quantitative estimate of drug-likeness (QED) is 0.440. The molecule has 0 aliphatic rings. The number of hydrogen-bond acceptors (Lipinski definition) is 8. The number of anilines is 1. The minimum atomic E-state index is -0.442. The molecule has 0 aliphatic heterocycles. The Morgan fingerprint density at radius 2 is 1.61 bits per heavy atom. The number of primary amides is 1. The van der Waals surface area contributed by atoms with Gasteiger partial charge in [-0.25, -0.2) is 15.0 Å². The molecule has 0 aromatic carbocycles. The Hall–Kier alpha value is -4.21. The molecule has 10 nitrogen and oxygen atoms in total. The van der Waals surface area contributed by atoms with E-state index in [1.807, 2.05) is 0 Å². The number of pyridine rings is 2. The first-order valence-corrected chi connectivity index (χ1v) is 7.99. The van der Waals surface area contributed by atoms with Crippen LogP contribution in [-0.4, -0.2) is 41.6 Å². The van der Waals surface area contributed by atoms with Crippen LogP contribution in [-0.2, 0) is 0 Å². The van der Waals surface area contributed by atoms with E-state index in [4.69, 9.17) is 11.5 Å². The van der Waals surface area contributed by atoms with Gasteiger partial charge in [-0.1, -0.05) is 0 Å². The molecule has 0 fully saturated rings. The third-order valence-corrected chi connectivity index (χ3v) is 3.27. The Morgan fingerprint density at radius 1 is 0.964 bits per heavy atom. The van der Waals surface area contributed by atoms with Crippen molar-refractivity contribution in [3.63, 3.8) is 0 Å². The second kappa shape index (κ2) is 10.1. The highest BCUT2D eigenvalue weighted by atomic mass is 16.1. The van der Waals surface area contributed by atoms with Gasteiger partial charge in [0.25, 0.3) is 0 Å². The zero-order chi connectivity index (χ0) is 20.4. The standard InChI is InChI=1S/C7H7NO.C6H6N2O.C5H5N5/c1-6(9)7-3-2-4-8-5-7;7-6(9)5-2-1-3-8-4-5;6-4-3-5(9-1-7-3)10-2-8-4/h2-5H,1H3;1-4H,(H2,7,9);1-2H,(H3,6,7,8,9,10). The number of ketones is 1. The molecule has 28 heavy (non-hydrogen) atoms. The maximum atomic E-state index is 10.6. The molecule has 0 unspecified atom stereocenters. The van der Waals surface area contributed by atoms with Crippen LogP contribution in [0.3, 0.4) is 0 Å². The average Bonchev–Trinajstić information content (AvgIpc) is 3.21. The number of nitrogens with two attached hydrogens (primary N) is 2. The van der Waals surface area contributed by atoms with Gasteiger partial charge in [-0.15, -0.1) is 0 Å². The Labute approximate surface area is 160 Å². The van der Waals surface area contributed by atoms with Crippen molar-refractivity contribution in [2.75, 3.05) is 5.73 Å². The second-order valence-electron chi connectivity index (χ2n) is 5.26. The Balaban J connectivity index is 0.000000151. The third-order valence-electron chi connectivity index (χ3n) is 3.27. The Bertz CT molecular complexity index is 986. The van der Waals surface area contributed by atoms with Gasteiger partial charge in [0.1, 0.15) is 11.8 Å². The lowest BCUT2D eigenvalue weighted by Crippen LogP contribution is -2.10. The predicted molar refractivity (Wildman–Crippen MR) is 103 cm³/mol. The number of nitrogens with zero attached hydrogens (tertiary/aromatic N) is 5. The molecule has 0 aliphatic carbocycles. The first-order chi connectivity index (χ1) is 13.5. The number of carbonyl (C=O) groups excluding carboxylic acids is 2. The fourth-order valence-electron chi connectivity index (χ4n) is 1.86. The van der Waals surface area contributed by atoms with Crippen LogP contribution in [0.25, 0.3) is 11.2 Å². The van der Waals surface area contributed by atoms with E-state index in [1.165, 1.54) is 25.8 Å². The molecule has 4 heterocycles. The molecule has 10 heteroatoms. The molecule has 0 bridgehead atoms. The van der Waals surface area contributed by atoms with Crippen LogP contribution in [0.1, 0.15) is 27.6 Å². The van der Waals surface area contributed by atoms with E-state index in [0.717, 1.165) is 0 Å². The highest BCUT2D eigenvalue weighted by Gasteiger charge is 1.99. The van der Waals surface area contributed by atoms with E-state index in [0.29, 0.717) is 28.1 Å². The molecule has 0 saturated carbocycles. The largest absolute Gasteiger partial charge is 0.382 e. The number of aromatic nitrogens is 6. The zero-order valence-corrected chi connectivity index (χ0v) is 15.0. The highest BCUT2D eigenvalue weighted by molar-refractivity contribution is 5.93. The fourth-order valence-corrected chi connectivity index (χ4v) is 1.86. The number of hydrogen-bond donors (Lipinski definition) is 3. The molecule has 0 saturated heterocycles. The molecule has 1 amide bonds. The van der Waals surface area contributed by atoms with Crippen molar-refractivity contribution in [2.45, 2.75) is 6.92 Å². The van der Waals surface area contributed by atoms with E-state index in [1.54, 1.807) is 42.9 Å². The number of fused-ring (bicyclic) bond motifs is 1. The van der Waals surface area contributed by atoms with Crippen molar-refractivity contribution in [1.82, 2.24) is 29.9 Å². The van der Waals surface area contributed by atoms with Gasteiger partial charge in [-0.05, 0) is 31.2 Å². The van der Waals surface area contributed by atoms with Crippen LogP contribution in [0, 0.1) is 0 Å². The van der Waals surface area contributed by atoms with E-state index < -0.39 is 5.91 Å². The number of imidazole rings is 1. The lowest BCUT2D eigenvalue weighted by Gasteiger charge is -1.89. The monoisotopic (exact) mass is 378 g/mol. The molecule has 0 radical (unpaired) electrons. The minimum absolute atomic E-state index is 0.0584. The molecule has 142 valence electrons. The first-order valence-electron chi connectivity index (χ1n) is 7.99. The summed E-state index contributed by atoms with van der Waals surface area (Å²) in [7, 11) is 0. The molecule has 4 rings (SSSR count). The minimum Gasteiger partial charge on any atom is -0.382 e. The van der Waals surface area contributed by atoms with Crippen LogP contribution >= 0.6 is 0 Å². The summed E-state index contributed by atoms with van der Waals surface area (Å²) in [5, 5.41) is 0. The summed E-state index contributed by atoms with van der Waals surface area (Å²) in [4.78, 5) is 42.8. The van der Waals surface area contributed by atoms with Crippen molar-refractivity contribution in [3.05, 3.63) is 72.8 Å². The fraction of sp³-hybridized carbons (Fsp3) is 0.0556. The van der Waals surface area contributed by atoms with Crippen molar-refractivity contribution >= 4 is 28.7 Å². The van der Waals surface area contributed by atoms with Gasteiger partial charge in [0.2, 0.25) is 5.91 Å². The summed E-state index contributed by atoms with van der Waals surface area (Å²) in [6.45, 7) is 1.52. The number of amides is 1. The van der Waals surface area contributed by atoms with Crippen molar-refractivity contribution in [1.29, 1.82) is 0 Å². The molecular weight excluding hydrogens is 360 g/mol. The second-order valence-corrected chi connectivity index (χ2v) is 5.26. The average molecular weight is 378 g/mol. The summed E-state index contributed by atoms with van der Waals surface area (Å²) >= 11 is 0.